The van der Waals surface area contributed by atoms with Crippen LogP contribution in [0.15, 0.2) is 36.4 Å². The Bertz CT molecular complexity index is 627. The fourth-order valence-corrected chi connectivity index (χ4v) is 3.79. The molecule has 1 fully saturated rings. The number of Topliss-reactive ketones (excluding diaryl/α,β-unsaturated/α-hetero) is 1. The van der Waals surface area contributed by atoms with Gasteiger partial charge < -0.3 is 9.47 Å². The second kappa shape index (κ2) is 16.2. The SMILES string of the molecule is CCSCCCC(=O)OC.COCc1cccc(CC/C=C/[C@H]2CCC(=O)C2)c1. The summed E-state index contributed by atoms with van der Waals surface area (Å²) in [7, 11) is 3.15. The molecule has 1 atom stereocenters. The Kier molecular flexibility index (Phi) is 14.2. The Balaban J connectivity index is 0.000000359. The molecular formula is C24H36O4S. The van der Waals surface area contributed by atoms with E-state index in [0.717, 1.165) is 50.0 Å². The van der Waals surface area contributed by atoms with Crippen molar-refractivity contribution < 1.29 is 19.1 Å². The van der Waals surface area contributed by atoms with E-state index in [0.29, 0.717) is 24.7 Å². The first kappa shape index (κ1) is 25.4. The van der Waals surface area contributed by atoms with Gasteiger partial charge in [0.2, 0.25) is 0 Å². The summed E-state index contributed by atoms with van der Waals surface area (Å²) in [6.45, 7) is 2.79. The number of carbonyl (C=O) groups is 2. The quantitative estimate of drug-likeness (QED) is 0.273. The van der Waals surface area contributed by atoms with Crippen molar-refractivity contribution >= 4 is 23.5 Å². The molecule has 0 N–H and O–H groups in total. The lowest BCUT2D eigenvalue weighted by Crippen LogP contribution is -1.99. The van der Waals surface area contributed by atoms with Crippen LogP contribution in [0.3, 0.4) is 0 Å². The molecule has 4 nitrogen and oxygen atoms in total. The van der Waals surface area contributed by atoms with Gasteiger partial charge >= 0.3 is 5.97 Å². The topological polar surface area (TPSA) is 52.6 Å². The lowest BCUT2D eigenvalue weighted by Gasteiger charge is -2.04. The number of carbonyl (C=O) groups excluding carboxylic acids is 2. The number of hydrogen-bond donors (Lipinski definition) is 0. The third-order valence-electron chi connectivity index (χ3n) is 4.70. The van der Waals surface area contributed by atoms with Gasteiger partial charge in [-0.05, 0) is 54.2 Å². The van der Waals surface area contributed by atoms with Gasteiger partial charge in [-0.3, -0.25) is 9.59 Å². The van der Waals surface area contributed by atoms with E-state index >= 15 is 0 Å². The lowest BCUT2D eigenvalue weighted by molar-refractivity contribution is -0.140. The van der Waals surface area contributed by atoms with E-state index < -0.39 is 0 Å². The van der Waals surface area contributed by atoms with Crippen LogP contribution >= 0.6 is 11.8 Å². The van der Waals surface area contributed by atoms with Crippen LogP contribution in [0.25, 0.3) is 0 Å². The third kappa shape index (κ3) is 12.6. The van der Waals surface area contributed by atoms with Gasteiger partial charge in [0, 0.05) is 26.4 Å². The van der Waals surface area contributed by atoms with Crippen molar-refractivity contribution in [1.29, 1.82) is 0 Å². The zero-order valence-corrected chi connectivity index (χ0v) is 19.0. The van der Waals surface area contributed by atoms with Gasteiger partial charge in [-0.2, -0.15) is 11.8 Å². The highest BCUT2D eigenvalue weighted by molar-refractivity contribution is 7.99. The normalized spacial score (nSPS) is 16.0. The summed E-state index contributed by atoms with van der Waals surface area (Å²) in [6, 6.07) is 8.54. The smallest absolute Gasteiger partial charge is 0.305 e. The Labute approximate surface area is 180 Å². The van der Waals surface area contributed by atoms with E-state index in [2.05, 4.69) is 48.1 Å². The van der Waals surface area contributed by atoms with Crippen molar-refractivity contribution in [2.24, 2.45) is 5.92 Å². The molecule has 1 saturated carbocycles. The van der Waals surface area contributed by atoms with Gasteiger partial charge in [0.15, 0.2) is 0 Å². The van der Waals surface area contributed by atoms with Gasteiger partial charge in [-0.15, -0.1) is 0 Å². The zero-order chi connectivity index (χ0) is 21.3. The average molecular weight is 421 g/mol. The van der Waals surface area contributed by atoms with E-state index in [4.69, 9.17) is 4.74 Å². The number of methoxy groups -OCH3 is 2. The minimum Gasteiger partial charge on any atom is -0.469 e. The zero-order valence-electron chi connectivity index (χ0n) is 18.2. The maximum Gasteiger partial charge on any atom is 0.305 e. The minimum atomic E-state index is -0.100. The summed E-state index contributed by atoms with van der Waals surface area (Å²) in [5.74, 6) is 3.00. The van der Waals surface area contributed by atoms with E-state index in [1.807, 2.05) is 11.8 Å². The van der Waals surface area contributed by atoms with Gasteiger partial charge in [0.25, 0.3) is 0 Å². The standard InChI is InChI=1S/C17H22O2.C7H14O2S/c1-19-13-16-8-4-7-14(11-16)5-2-3-6-15-9-10-17(18)12-15;1-3-10-6-4-5-7(8)9-2/h3-4,6-8,11,15H,2,5,9-10,12-13H2,1H3;3-6H2,1-2H3/b6-3+;/t15-;/m0./s1. The maximum absolute atomic E-state index is 11.2. The molecule has 0 heterocycles. The molecule has 1 aliphatic carbocycles. The number of esters is 1. The van der Waals surface area contributed by atoms with Crippen LogP contribution in [0.4, 0.5) is 0 Å². The number of hydrogen-bond acceptors (Lipinski definition) is 5. The van der Waals surface area contributed by atoms with Crippen molar-refractivity contribution in [3.05, 3.63) is 47.5 Å². The summed E-state index contributed by atoms with van der Waals surface area (Å²) in [5.41, 5.74) is 2.58. The van der Waals surface area contributed by atoms with E-state index in [9.17, 15) is 9.59 Å². The van der Waals surface area contributed by atoms with Gasteiger partial charge in [0.1, 0.15) is 5.78 Å². The fraction of sp³-hybridized carbons (Fsp3) is 0.583. The molecule has 0 spiro atoms. The Morgan fingerprint density at radius 3 is 2.72 bits per heavy atom. The summed E-state index contributed by atoms with van der Waals surface area (Å²) < 4.78 is 9.62. The first-order valence-electron chi connectivity index (χ1n) is 10.5. The molecule has 29 heavy (non-hydrogen) atoms. The average Bonchev–Trinajstić information content (AvgIpc) is 3.14. The second-order valence-electron chi connectivity index (χ2n) is 7.14. The molecule has 0 saturated heterocycles. The van der Waals surface area contributed by atoms with Crippen molar-refractivity contribution in [2.75, 3.05) is 25.7 Å². The molecule has 162 valence electrons. The summed E-state index contributed by atoms with van der Waals surface area (Å²) in [4.78, 5) is 21.7. The predicted molar refractivity (Wildman–Crippen MR) is 121 cm³/mol. The van der Waals surface area contributed by atoms with Gasteiger partial charge in [-0.25, -0.2) is 0 Å². The number of ether oxygens (including phenoxy) is 2. The molecule has 0 aromatic heterocycles. The van der Waals surface area contributed by atoms with E-state index in [1.165, 1.54) is 18.2 Å². The van der Waals surface area contributed by atoms with Crippen LogP contribution in [-0.4, -0.2) is 37.5 Å². The molecule has 0 aliphatic heterocycles. The third-order valence-corrected chi connectivity index (χ3v) is 5.68. The largest absolute Gasteiger partial charge is 0.469 e. The Hall–Kier alpha value is -1.59. The molecule has 0 amide bonds. The number of benzene rings is 1. The van der Waals surface area contributed by atoms with Crippen LogP contribution in [0.1, 0.15) is 56.6 Å². The lowest BCUT2D eigenvalue weighted by atomic mass is 10.0. The van der Waals surface area contributed by atoms with Crippen LogP contribution in [-0.2, 0) is 32.1 Å². The van der Waals surface area contributed by atoms with Crippen LogP contribution < -0.4 is 0 Å². The Morgan fingerprint density at radius 1 is 1.28 bits per heavy atom. The highest BCUT2D eigenvalue weighted by atomic mass is 32.2. The molecule has 5 heteroatoms. The van der Waals surface area contributed by atoms with Gasteiger partial charge in [-0.1, -0.05) is 43.3 Å². The minimum absolute atomic E-state index is 0.100. The molecule has 0 bridgehead atoms. The molecular weight excluding hydrogens is 384 g/mol. The fourth-order valence-electron chi connectivity index (χ4n) is 3.15. The maximum atomic E-state index is 11.2. The van der Waals surface area contributed by atoms with Gasteiger partial charge in [0.05, 0.1) is 13.7 Å². The second-order valence-corrected chi connectivity index (χ2v) is 8.53. The van der Waals surface area contributed by atoms with E-state index in [1.54, 1.807) is 7.11 Å². The summed E-state index contributed by atoms with van der Waals surface area (Å²) in [6.07, 6.45) is 10.6. The summed E-state index contributed by atoms with van der Waals surface area (Å²) >= 11 is 1.85. The van der Waals surface area contributed by atoms with Crippen LogP contribution in [0.5, 0.6) is 0 Å². The number of allylic oxidation sites excluding steroid dienone is 2. The molecule has 1 aromatic rings. The summed E-state index contributed by atoms with van der Waals surface area (Å²) in [5, 5.41) is 0. The first-order chi connectivity index (χ1) is 14.1. The highest BCUT2D eigenvalue weighted by Crippen LogP contribution is 2.23. The van der Waals surface area contributed by atoms with E-state index in [-0.39, 0.29) is 5.97 Å². The number of rotatable bonds is 11. The number of aryl methyl sites for hydroxylation is 1. The molecule has 0 radical (unpaired) electrons. The molecule has 1 aromatic carbocycles. The molecule has 1 aliphatic rings. The van der Waals surface area contributed by atoms with Crippen molar-refractivity contribution in [1.82, 2.24) is 0 Å². The van der Waals surface area contributed by atoms with Crippen molar-refractivity contribution in [3.8, 4) is 0 Å². The number of thioether (sulfide) groups is 1. The monoisotopic (exact) mass is 420 g/mol. The Morgan fingerprint density at radius 2 is 2.07 bits per heavy atom. The van der Waals surface area contributed by atoms with Crippen molar-refractivity contribution in [3.63, 3.8) is 0 Å². The number of ketones is 1. The van der Waals surface area contributed by atoms with Crippen molar-refractivity contribution in [2.45, 2.75) is 58.5 Å². The molecule has 0 unspecified atom stereocenters. The van der Waals surface area contributed by atoms with Crippen LogP contribution in [0.2, 0.25) is 0 Å². The highest BCUT2D eigenvalue weighted by Gasteiger charge is 2.18. The van der Waals surface area contributed by atoms with Crippen LogP contribution in [0, 0.1) is 5.92 Å². The first-order valence-corrected chi connectivity index (χ1v) is 11.6. The molecule has 2 rings (SSSR count). The predicted octanol–water partition coefficient (Wildman–Crippen LogP) is 5.38.